The highest BCUT2D eigenvalue weighted by atomic mass is 35.5. The van der Waals surface area contributed by atoms with E-state index in [1.54, 1.807) is 29.2 Å². The van der Waals surface area contributed by atoms with Gasteiger partial charge in [-0.1, -0.05) is 23.8 Å². The van der Waals surface area contributed by atoms with Crippen LogP contribution in [0.3, 0.4) is 0 Å². The second kappa shape index (κ2) is 6.73. The van der Waals surface area contributed by atoms with Crippen LogP contribution in [0.4, 0.5) is 0 Å². The van der Waals surface area contributed by atoms with Gasteiger partial charge in [0, 0.05) is 11.1 Å². The zero-order valence-electron chi connectivity index (χ0n) is 15.4. The fraction of sp³-hybridized carbons (Fsp3) is 0.500. The number of halogens is 1. The lowest BCUT2D eigenvalue weighted by molar-refractivity contribution is -0.145. The van der Waals surface area contributed by atoms with Crippen LogP contribution in [-0.4, -0.2) is 28.7 Å². The molecule has 5 nitrogen and oxygen atoms in total. The van der Waals surface area contributed by atoms with Crippen LogP contribution < -0.4 is 4.74 Å². The quantitative estimate of drug-likeness (QED) is 0.337. The van der Waals surface area contributed by atoms with Crippen LogP contribution in [0.2, 0.25) is 5.02 Å². The van der Waals surface area contributed by atoms with Crippen molar-refractivity contribution in [3.05, 3.63) is 41.4 Å². The lowest BCUT2D eigenvalue weighted by atomic mass is 9.85. The molecule has 2 saturated carbocycles. The molecule has 3 aliphatic carbocycles. The molecule has 3 fully saturated rings. The Morgan fingerprint density at radius 3 is 2.07 bits per heavy atom. The molecule has 6 heteroatoms. The van der Waals surface area contributed by atoms with Gasteiger partial charge >= 0.3 is 5.97 Å². The summed E-state index contributed by atoms with van der Waals surface area (Å²) >= 11 is 5.85. The third kappa shape index (κ3) is 2.79. The first-order chi connectivity index (χ1) is 13.5. The van der Waals surface area contributed by atoms with Crippen LogP contribution in [-0.2, 0) is 14.4 Å². The maximum atomic E-state index is 12.9. The number of hydrogen-bond donors (Lipinski definition) is 0. The van der Waals surface area contributed by atoms with Gasteiger partial charge in [-0.2, -0.15) is 0 Å². The van der Waals surface area contributed by atoms with Crippen LogP contribution in [0.25, 0.3) is 0 Å². The Balaban J connectivity index is 1.21. The van der Waals surface area contributed by atoms with Gasteiger partial charge in [-0.25, -0.2) is 0 Å². The zero-order chi connectivity index (χ0) is 19.4. The maximum absolute atomic E-state index is 12.9. The molecule has 1 aliphatic heterocycles. The van der Waals surface area contributed by atoms with Crippen molar-refractivity contribution >= 4 is 29.4 Å². The van der Waals surface area contributed by atoms with E-state index in [1.165, 1.54) is 0 Å². The fourth-order valence-corrected chi connectivity index (χ4v) is 5.68. The SMILES string of the molecule is O=C(Oc1ccc(Cl)cc1)C1CCC(N2C(=O)C3C4C=CC(C4)C3C2=O)CC1. The van der Waals surface area contributed by atoms with Crippen LogP contribution in [0.5, 0.6) is 5.75 Å². The van der Waals surface area contributed by atoms with E-state index in [-0.39, 0.29) is 53.4 Å². The molecule has 146 valence electrons. The number of ether oxygens (including phenoxy) is 1. The van der Waals surface area contributed by atoms with E-state index in [9.17, 15) is 14.4 Å². The van der Waals surface area contributed by atoms with Crippen molar-refractivity contribution < 1.29 is 19.1 Å². The minimum atomic E-state index is -0.251. The summed E-state index contributed by atoms with van der Waals surface area (Å²) in [7, 11) is 0. The summed E-state index contributed by atoms with van der Waals surface area (Å²) in [6, 6.07) is 6.64. The number of allylic oxidation sites excluding steroid dienone is 2. The van der Waals surface area contributed by atoms with Crippen molar-refractivity contribution in [2.24, 2.45) is 29.6 Å². The molecule has 1 aromatic carbocycles. The van der Waals surface area contributed by atoms with Gasteiger partial charge in [0.1, 0.15) is 5.75 Å². The molecule has 4 aliphatic rings. The number of esters is 1. The molecule has 0 spiro atoms. The number of benzene rings is 1. The van der Waals surface area contributed by atoms with Crippen LogP contribution >= 0.6 is 11.6 Å². The maximum Gasteiger partial charge on any atom is 0.314 e. The predicted octanol–water partition coefficient (Wildman–Crippen LogP) is 3.61. The number of amides is 2. The lowest BCUT2D eigenvalue weighted by Crippen LogP contribution is -2.44. The molecule has 4 unspecified atom stereocenters. The molecule has 0 aromatic heterocycles. The second-order valence-electron chi connectivity index (χ2n) is 8.43. The molecule has 1 aromatic rings. The number of rotatable bonds is 3. The summed E-state index contributed by atoms with van der Waals surface area (Å²) in [5.41, 5.74) is 0. The van der Waals surface area contributed by atoms with Gasteiger partial charge in [-0.05, 0) is 68.2 Å². The van der Waals surface area contributed by atoms with Crippen molar-refractivity contribution in [3.63, 3.8) is 0 Å². The molecule has 4 atom stereocenters. The van der Waals surface area contributed by atoms with E-state index >= 15 is 0 Å². The molecule has 1 heterocycles. The average Bonchev–Trinajstić information content (AvgIpc) is 3.38. The largest absolute Gasteiger partial charge is 0.426 e. The Bertz CT molecular complexity index is 826. The van der Waals surface area contributed by atoms with Crippen molar-refractivity contribution in [2.75, 3.05) is 0 Å². The fourth-order valence-electron chi connectivity index (χ4n) is 5.56. The van der Waals surface area contributed by atoms with Crippen LogP contribution in [0.1, 0.15) is 32.1 Å². The Morgan fingerprint density at radius 1 is 0.929 bits per heavy atom. The first-order valence-electron chi connectivity index (χ1n) is 10.1. The van der Waals surface area contributed by atoms with Crippen molar-refractivity contribution in [3.8, 4) is 5.75 Å². The Kier molecular flexibility index (Phi) is 4.31. The first kappa shape index (κ1) is 17.9. The monoisotopic (exact) mass is 399 g/mol. The summed E-state index contributed by atoms with van der Waals surface area (Å²) in [5.74, 6) is 0.251. The third-order valence-electron chi connectivity index (χ3n) is 6.93. The van der Waals surface area contributed by atoms with Gasteiger partial charge in [0.25, 0.3) is 0 Å². The van der Waals surface area contributed by atoms with Crippen LogP contribution in [0, 0.1) is 29.6 Å². The Morgan fingerprint density at radius 2 is 1.50 bits per heavy atom. The molecule has 0 radical (unpaired) electrons. The number of nitrogens with zero attached hydrogens (tertiary/aromatic N) is 1. The van der Waals surface area contributed by atoms with Crippen molar-refractivity contribution in [1.29, 1.82) is 0 Å². The summed E-state index contributed by atoms with van der Waals surface area (Å²) in [5, 5.41) is 0.591. The topological polar surface area (TPSA) is 63.7 Å². The summed E-state index contributed by atoms with van der Waals surface area (Å²) in [6.07, 6.45) is 7.78. The van der Waals surface area contributed by atoms with E-state index in [2.05, 4.69) is 12.2 Å². The zero-order valence-corrected chi connectivity index (χ0v) is 16.2. The minimum absolute atomic E-state index is 0.0130. The highest BCUT2D eigenvalue weighted by molar-refractivity contribution is 6.30. The number of carbonyl (C=O) groups is 3. The Hall–Kier alpha value is -2.14. The smallest absolute Gasteiger partial charge is 0.314 e. The lowest BCUT2D eigenvalue weighted by Gasteiger charge is -2.33. The first-order valence-corrected chi connectivity index (χ1v) is 10.4. The Labute approximate surface area is 168 Å². The van der Waals surface area contributed by atoms with E-state index in [4.69, 9.17) is 16.3 Å². The predicted molar refractivity (Wildman–Crippen MR) is 102 cm³/mol. The molecule has 5 rings (SSSR count). The molecule has 2 bridgehead atoms. The van der Waals surface area contributed by atoms with Gasteiger partial charge in [-0.15, -0.1) is 0 Å². The van der Waals surface area contributed by atoms with Gasteiger partial charge < -0.3 is 4.74 Å². The minimum Gasteiger partial charge on any atom is -0.426 e. The van der Waals surface area contributed by atoms with Crippen molar-refractivity contribution in [1.82, 2.24) is 4.90 Å². The number of likely N-dealkylation sites (tertiary alicyclic amines) is 1. The number of fused-ring (bicyclic) bond motifs is 5. The van der Waals surface area contributed by atoms with E-state index in [0.29, 0.717) is 36.5 Å². The molecule has 0 N–H and O–H groups in total. The van der Waals surface area contributed by atoms with Crippen LogP contribution in [0.15, 0.2) is 36.4 Å². The summed E-state index contributed by atoms with van der Waals surface area (Å²) in [6.45, 7) is 0. The summed E-state index contributed by atoms with van der Waals surface area (Å²) in [4.78, 5) is 39.9. The normalized spacial score (nSPS) is 36.1. The van der Waals surface area contributed by atoms with Gasteiger partial charge in [0.15, 0.2) is 0 Å². The van der Waals surface area contributed by atoms with E-state index < -0.39 is 0 Å². The van der Waals surface area contributed by atoms with Gasteiger partial charge in [0.2, 0.25) is 11.8 Å². The number of carbonyl (C=O) groups excluding carboxylic acids is 3. The molecule has 2 amide bonds. The highest BCUT2D eigenvalue weighted by Crippen LogP contribution is 2.53. The highest BCUT2D eigenvalue weighted by Gasteiger charge is 2.60. The van der Waals surface area contributed by atoms with E-state index in [1.807, 2.05) is 0 Å². The number of imide groups is 1. The third-order valence-corrected chi connectivity index (χ3v) is 7.18. The summed E-state index contributed by atoms with van der Waals surface area (Å²) < 4.78 is 5.46. The number of hydrogen-bond acceptors (Lipinski definition) is 4. The van der Waals surface area contributed by atoms with Gasteiger partial charge in [-0.3, -0.25) is 19.3 Å². The van der Waals surface area contributed by atoms with E-state index in [0.717, 1.165) is 6.42 Å². The molecular weight excluding hydrogens is 378 g/mol. The molecule has 1 saturated heterocycles. The second-order valence-corrected chi connectivity index (χ2v) is 8.86. The molecule has 28 heavy (non-hydrogen) atoms. The van der Waals surface area contributed by atoms with Gasteiger partial charge in [0.05, 0.1) is 17.8 Å². The van der Waals surface area contributed by atoms with Crippen molar-refractivity contribution in [2.45, 2.75) is 38.1 Å². The standard InChI is InChI=1S/C22H22ClNO4/c23-15-5-9-17(10-6-15)28-22(27)12-3-7-16(8-4-12)24-20(25)18-13-1-2-14(11-13)19(18)21(24)26/h1-2,5-6,9-10,12-14,16,18-19H,3-4,7-8,11H2. The average molecular weight is 400 g/mol. The molecular formula is C22H22ClNO4.